The highest BCUT2D eigenvalue weighted by atomic mass is 35.5. The normalized spacial score (nSPS) is 12.7. The molecule has 41 heavy (non-hydrogen) atoms. The number of hydrogen-bond donors (Lipinski definition) is 0. The van der Waals surface area contributed by atoms with Gasteiger partial charge in [0.05, 0.1) is 35.3 Å². The van der Waals surface area contributed by atoms with E-state index in [1.54, 1.807) is 0 Å². The van der Waals surface area contributed by atoms with Crippen molar-refractivity contribution in [1.29, 1.82) is 0 Å². The summed E-state index contributed by atoms with van der Waals surface area (Å²) in [6, 6.07) is 6.26. The second-order valence-corrected chi connectivity index (χ2v) is 8.69. The van der Waals surface area contributed by atoms with Crippen LogP contribution in [-0.4, -0.2) is 63.6 Å². The molecule has 5 aromatic rings. The van der Waals surface area contributed by atoms with Gasteiger partial charge in [-0.15, -0.1) is 4.80 Å². The van der Waals surface area contributed by atoms with Crippen LogP contribution in [0, 0.1) is 5.82 Å². The van der Waals surface area contributed by atoms with E-state index in [0.29, 0.717) is 5.69 Å². The van der Waals surface area contributed by atoms with Crippen LogP contribution in [0.4, 0.5) is 26.3 Å². The molecule has 0 N–H and O–H groups in total. The van der Waals surface area contributed by atoms with Crippen molar-refractivity contribution < 1.29 is 31.1 Å². The number of hydrogen-bond acceptors (Lipinski definition) is 9. The topological polar surface area (TPSA) is 122 Å². The zero-order chi connectivity index (χ0) is 29.1. The molecule has 18 heteroatoms. The molecule has 1 aromatic carbocycles. The SMILES string of the molecule is Fc1c(Cl)ccc(-n2nnnn2)c1-c1ccc(C(CCOC(F)F)n2cc(-c3ccnc(C(F)(F)F)n3)cn2)nc1. The molecule has 0 radical (unpaired) electrons. The van der Waals surface area contributed by atoms with Gasteiger partial charge < -0.3 is 4.74 Å². The quantitative estimate of drug-likeness (QED) is 0.221. The van der Waals surface area contributed by atoms with Gasteiger partial charge in [0.2, 0.25) is 5.82 Å². The number of rotatable bonds is 9. The fourth-order valence-corrected chi connectivity index (χ4v) is 4.10. The minimum Gasteiger partial charge on any atom is -0.323 e. The lowest BCUT2D eigenvalue weighted by molar-refractivity contribution is -0.144. The van der Waals surface area contributed by atoms with E-state index in [-0.39, 0.29) is 39.5 Å². The van der Waals surface area contributed by atoms with Gasteiger partial charge in [-0.05, 0) is 51.5 Å². The predicted molar refractivity (Wildman–Crippen MR) is 128 cm³/mol. The van der Waals surface area contributed by atoms with Crippen LogP contribution in [0.2, 0.25) is 5.02 Å². The molecule has 0 amide bonds. The van der Waals surface area contributed by atoms with Crippen LogP contribution in [0.25, 0.3) is 28.1 Å². The number of benzene rings is 1. The number of ether oxygens (including phenoxy) is 1. The monoisotopic (exact) mass is 596 g/mol. The first-order valence-electron chi connectivity index (χ1n) is 11.5. The Labute approximate surface area is 230 Å². The molecule has 0 bridgehead atoms. The highest BCUT2D eigenvalue weighted by Gasteiger charge is 2.34. The third-order valence-corrected chi connectivity index (χ3v) is 6.05. The summed E-state index contributed by atoms with van der Waals surface area (Å²) in [4.78, 5) is 12.2. The molecule has 5 rings (SSSR count). The Hall–Kier alpha value is -4.51. The van der Waals surface area contributed by atoms with Crippen molar-refractivity contribution in [1.82, 2.24) is 50.4 Å². The Morgan fingerprint density at radius 2 is 1.73 bits per heavy atom. The van der Waals surface area contributed by atoms with Crippen LogP contribution in [0.5, 0.6) is 0 Å². The Bertz CT molecular complexity index is 1630. The van der Waals surface area contributed by atoms with Crippen molar-refractivity contribution in [3.05, 3.63) is 77.5 Å². The third kappa shape index (κ3) is 6.14. The van der Waals surface area contributed by atoms with Gasteiger partial charge in [-0.2, -0.15) is 27.1 Å². The summed E-state index contributed by atoms with van der Waals surface area (Å²) in [6.45, 7) is -3.42. The first-order valence-corrected chi connectivity index (χ1v) is 11.9. The number of halogens is 7. The summed E-state index contributed by atoms with van der Waals surface area (Å²) in [5.74, 6) is -2.11. The Kier molecular flexibility index (Phi) is 7.89. The fourth-order valence-electron chi connectivity index (χ4n) is 3.94. The van der Waals surface area contributed by atoms with Crippen molar-refractivity contribution in [2.75, 3.05) is 6.61 Å². The van der Waals surface area contributed by atoms with Crippen molar-refractivity contribution >= 4 is 11.6 Å². The van der Waals surface area contributed by atoms with E-state index in [1.807, 2.05) is 0 Å². The fraction of sp³-hybridized carbons (Fsp3) is 0.217. The van der Waals surface area contributed by atoms with E-state index in [9.17, 15) is 22.0 Å². The van der Waals surface area contributed by atoms with Gasteiger partial charge >= 0.3 is 12.8 Å². The molecular formula is C23H15ClF6N10O. The van der Waals surface area contributed by atoms with Gasteiger partial charge in [0.15, 0.2) is 5.82 Å². The minimum absolute atomic E-state index is 0.000426. The molecule has 11 nitrogen and oxygen atoms in total. The molecule has 0 saturated carbocycles. The van der Waals surface area contributed by atoms with E-state index < -0.39 is 37.1 Å². The molecule has 4 heterocycles. The number of aromatic nitrogens is 10. The highest BCUT2D eigenvalue weighted by Crippen LogP contribution is 2.34. The summed E-state index contributed by atoms with van der Waals surface area (Å²) >= 11 is 5.99. The maximum absolute atomic E-state index is 15.1. The smallest absolute Gasteiger partial charge is 0.323 e. The average Bonchev–Trinajstić information content (AvgIpc) is 3.66. The molecule has 4 aromatic heterocycles. The van der Waals surface area contributed by atoms with E-state index in [4.69, 9.17) is 11.6 Å². The van der Waals surface area contributed by atoms with Gasteiger partial charge in [0.1, 0.15) is 5.69 Å². The maximum Gasteiger partial charge on any atom is 0.451 e. The summed E-state index contributed by atoms with van der Waals surface area (Å²) < 4.78 is 85.4. The number of alkyl halides is 5. The van der Waals surface area contributed by atoms with E-state index in [0.717, 1.165) is 11.0 Å². The van der Waals surface area contributed by atoms with Crippen LogP contribution in [-0.2, 0) is 10.9 Å². The minimum atomic E-state index is -4.75. The van der Waals surface area contributed by atoms with E-state index in [2.05, 4.69) is 45.6 Å². The first kappa shape index (κ1) is 28.0. The van der Waals surface area contributed by atoms with Crippen molar-refractivity contribution in [2.45, 2.75) is 25.3 Å². The summed E-state index contributed by atoms with van der Waals surface area (Å²) in [6.07, 6.45) is 0.151. The average molecular weight is 597 g/mol. The molecule has 0 fully saturated rings. The molecule has 0 aliphatic carbocycles. The summed E-state index contributed by atoms with van der Waals surface area (Å²) in [5.41, 5.74) is 0.918. The second kappa shape index (κ2) is 11.5. The number of pyridine rings is 1. The second-order valence-electron chi connectivity index (χ2n) is 8.28. The largest absolute Gasteiger partial charge is 0.451 e. The standard InChI is InChI=1S/C23H15ClF6N10O/c24-14-2-4-18(40-37-35-36-38-40)19(20(14)25)12-1-3-16(32-9-12)17(6-8-41-22(26)27)39-11-13(10-33-39)15-5-7-31-21(34-15)23(28,29)30/h1-5,7,9-11,17,22H,6,8H2. The zero-order valence-electron chi connectivity index (χ0n) is 20.3. The van der Waals surface area contributed by atoms with Crippen molar-refractivity contribution in [3.8, 4) is 28.1 Å². The number of nitrogens with zero attached hydrogens (tertiary/aromatic N) is 10. The first-order chi connectivity index (χ1) is 19.6. The molecule has 1 atom stereocenters. The van der Waals surface area contributed by atoms with Gasteiger partial charge in [0, 0.05) is 35.3 Å². The van der Waals surface area contributed by atoms with Gasteiger partial charge in [0.25, 0.3) is 0 Å². The van der Waals surface area contributed by atoms with Gasteiger partial charge in [-0.1, -0.05) is 17.7 Å². The van der Waals surface area contributed by atoms with E-state index >= 15 is 4.39 Å². The van der Waals surface area contributed by atoms with Gasteiger partial charge in [-0.3, -0.25) is 9.67 Å². The Balaban J connectivity index is 1.49. The van der Waals surface area contributed by atoms with Crippen molar-refractivity contribution in [3.63, 3.8) is 0 Å². The molecular weight excluding hydrogens is 582 g/mol. The summed E-state index contributed by atoms with van der Waals surface area (Å²) in [5, 5.41) is 18.1. The molecule has 0 aliphatic rings. The Morgan fingerprint density at radius 1 is 0.951 bits per heavy atom. The lowest BCUT2D eigenvalue weighted by atomic mass is 10.0. The van der Waals surface area contributed by atoms with Crippen LogP contribution in [0.3, 0.4) is 0 Å². The van der Waals surface area contributed by atoms with Crippen LogP contribution >= 0.6 is 11.6 Å². The van der Waals surface area contributed by atoms with E-state index in [1.165, 1.54) is 53.6 Å². The van der Waals surface area contributed by atoms with Crippen LogP contribution in [0.15, 0.2) is 55.1 Å². The maximum atomic E-state index is 15.1. The van der Waals surface area contributed by atoms with Crippen molar-refractivity contribution in [2.24, 2.45) is 0 Å². The van der Waals surface area contributed by atoms with Crippen LogP contribution < -0.4 is 0 Å². The molecule has 212 valence electrons. The van der Waals surface area contributed by atoms with Crippen LogP contribution in [0.1, 0.15) is 24.0 Å². The molecule has 0 spiro atoms. The predicted octanol–water partition coefficient (Wildman–Crippen LogP) is 4.80. The molecule has 0 saturated heterocycles. The highest BCUT2D eigenvalue weighted by molar-refractivity contribution is 6.31. The Morgan fingerprint density at radius 3 is 2.41 bits per heavy atom. The lowest BCUT2D eigenvalue weighted by Crippen LogP contribution is -2.16. The zero-order valence-corrected chi connectivity index (χ0v) is 21.0. The lowest BCUT2D eigenvalue weighted by Gasteiger charge is -2.18. The molecule has 1 unspecified atom stereocenters. The van der Waals surface area contributed by atoms with Gasteiger partial charge in [-0.25, -0.2) is 14.4 Å². The molecule has 0 aliphatic heterocycles. The third-order valence-electron chi connectivity index (χ3n) is 5.76. The summed E-state index contributed by atoms with van der Waals surface area (Å²) in [7, 11) is 0.